The summed E-state index contributed by atoms with van der Waals surface area (Å²) in [4.78, 5) is 28.7. The first-order valence-electron chi connectivity index (χ1n) is 7.52. The van der Waals surface area contributed by atoms with E-state index >= 15 is 0 Å². The molecule has 0 aliphatic carbocycles. The zero-order chi connectivity index (χ0) is 18.1. The molecule has 2 aromatic rings. The van der Waals surface area contributed by atoms with Crippen LogP contribution in [0.1, 0.15) is 23.5 Å². The first-order valence-corrected chi connectivity index (χ1v) is 8.51. The standard InChI is InChI=1S/C17H15F2N3O2S/c1-3-7-25-17-21-16(24)13-10(8-12(23)20-15(13)22(17)2)9-5-4-6-11(18)14(9)19/h3-6,10H,1,7-8H2,2H3,(H,20,23)/t10-/m0/s1. The summed E-state index contributed by atoms with van der Waals surface area (Å²) in [5.74, 6) is -2.54. The van der Waals surface area contributed by atoms with Gasteiger partial charge in [0, 0.05) is 25.1 Å². The Kier molecular flexibility index (Phi) is 4.71. The number of amides is 1. The number of anilines is 1. The predicted octanol–water partition coefficient (Wildman–Crippen LogP) is 2.81. The predicted molar refractivity (Wildman–Crippen MR) is 91.8 cm³/mol. The number of rotatable bonds is 4. The number of carbonyl (C=O) groups is 1. The van der Waals surface area contributed by atoms with Crippen LogP contribution in [-0.4, -0.2) is 21.2 Å². The molecule has 5 nitrogen and oxygen atoms in total. The molecule has 1 aromatic heterocycles. The van der Waals surface area contributed by atoms with Crippen molar-refractivity contribution in [3.05, 3.63) is 64.0 Å². The number of nitrogens with zero attached hydrogens (tertiary/aromatic N) is 2. The number of halogens is 2. The lowest BCUT2D eigenvalue weighted by Gasteiger charge is -2.27. The van der Waals surface area contributed by atoms with Crippen molar-refractivity contribution in [1.82, 2.24) is 9.55 Å². The fourth-order valence-electron chi connectivity index (χ4n) is 2.85. The highest BCUT2D eigenvalue weighted by Crippen LogP contribution is 2.37. The Balaban J connectivity index is 2.20. The van der Waals surface area contributed by atoms with Crippen molar-refractivity contribution in [1.29, 1.82) is 0 Å². The van der Waals surface area contributed by atoms with Gasteiger partial charge in [0.2, 0.25) is 5.91 Å². The third-order valence-electron chi connectivity index (χ3n) is 3.99. The van der Waals surface area contributed by atoms with Crippen LogP contribution in [0.25, 0.3) is 0 Å². The van der Waals surface area contributed by atoms with Crippen LogP contribution in [-0.2, 0) is 11.8 Å². The molecule has 0 bridgehead atoms. The summed E-state index contributed by atoms with van der Waals surface area (Å²) in [6, 6.07) is 3.73. The molecule has 1 aliphatic rings. The first kappa shape index (κ1) is 17.3. The summed E-state index contributed by atoms with van der Waals surface area (Å²) in [5.41, 5.74) is -0.427. The molecule has 1 atom stereocenters. The number of benzene rings is 1. The molecular weight excluding hydrogens is 348 g/mol. The molecule has 130 valence electrons. The molecule has 0 unspecified atom stereocenters. The van der Waals surface area contributed by atoms with Crippen molar-refractivity contribution < 1.29 is 13.6 Å². The number of carbonyl (C=O) groups excluding carboxylic acids is 1. The molecule has 0 radical (unpaired) electrons. The van der Waals surface area contributed by atoms with Crippen LogP contribution >= 0.6 is 11.8 Å². The monoisotopic (exact) mass is 363 g/mol. The van der Waals surface area contributed by atoms with Crippen molar-refractivity contribution in [2.75, 3.05) is 11.1 Å². The lowest BCUT2D eigenvalue weighted by molar-refractivity contribution is -0.116. The van der Waals surface area contributed by atoms with Gasteiger partial charge in [-0.25, -0.2) is 8.78 Å². The summed E-state index contributed by atoms with van der Waals surface area (Å²) < 4.78 is 29.4. The normalized spacial score (nSPS) is 16.3. The van der Waals surface area contributed by atoms with Gasteiger partial charge in [0.25, 0.3) is 5.56 Å². The van der Waals surface area contributed by atoms with Crippen LogP contribution in [0.2, 0.25) is 0 Å². The summed E-state index contributed by atoms with van der Waals surface area (Å²) in [5, 5.41) is 3.06. The summed E-state index contributed by atoms with van der Waals surface area (Å²) in [6.45, 7) is 3.61. The van der Waals surface area contributed by atoms with Crippen LogP contribution in [0, 0.1) is 11.6 Å². The van der Waals surface area contributed by atoms with Crippen LogP contribution in [0.4, 0.5) is 14.6 Å². The Morgan fingerprint density at radius 2 is 2.20 bits per heavy atom. The van der Waals surface area contributed by atoms with E-state index in [1.807, 2.05) is 0 Å². The molecule has 0 spiro atoms. The Labute approximate surface area is 146 Å². The topological polar surface area (TPSA) is 64.0 Å². The molecule has 0 saturated carbocycles. The Morgan fingerprint density at radius 3 is 2.92 bits per heavy atom. The van der Waals surface area contributed by atoms with Crippen LogP contribution in [0.3, 0.4) is 0 Å². The van der Waals surface area contributed by atoms with E-state index < -0.39 is 23.1 Å². The van der Waals surface area contributed by atoms with Crippen LogP contribution in [0.5, 0.6) is 0 Å². The maximum atomic E-state index is 14.2. The van der Waals surface area contributed by atoms with Gasteiger partial charge >= 0.3 is 0 Å². The highest BCUT2D eigenvalue weighted by atomic mass is 32.2. The van der Waals surface area contributed by atoms with E-state index in [1.165, 1.54) is 23.9 Å². The summed E-state index contributed by atoms with van der Waals surface area (Å²) >= 11 is 1.29. The molecule has 0 fully saturated rings. The van der Waals surface area contributed by atoms with E-state index in [1.54, 1.807) is 17.7 Å². The van der Waals surface area contributed by atoms with Crippen molar-refractivity contribution >= 4 is 23.5 Å². The maximum absolute atomic E-state index is 14.2. The maximum Gasteiger partial charge on any atom is 0.279 e. The quantitative estimate of drug-likeness (QED) is 0.515. The highest BCUT2D eigenvalue weighted by molar-refractivity contribution is 7.99. The molecule has 1 aliphatic heterocycles. The third-order valence-corrected chi connectivity index (χ3v) is 5.01. The van der Waals surface area contributed by atoms with Crippen LogP contribution < -0.4 is 10.9 Å². The van der Waals surface area contributed by atoms with E-state index in [0.717, 1.165) is 6.07 Å². The van der Waals surface area contributed by atoms with Crippen LogP contribution in [0.15, 0.2) is 40.8 Å². The van der Waals surface area contributed by atoms with E-state index in [0.29, 0.717) is 10.9 Å². The fraction of sp³-hybridized carbons (Fsp3) is 0.235. The van der Waals surface area contributed by atoms with Gasteiger partial charge in [0.1, 0.15) is 5.82 Å². The molecule has 8 heteroatoms. The average molecular weight is 363 g/mol. The Hall–Kier alpha value is -2.48. The van der Waals surface area contributed by atoms with Gasteiger partial charge in [-0.1, -0.05) is 30.0 Å². The number of hydrogen-bond donors (Lipinski definition) is 1. The number of nitrogens with one attached hydrogen (secondary N) is 1. The fourth-order valence-corrected chi connectivity index (χ4v) is 3.55. The highest BCUT2D eigenvalue weighted by Gasteiger charge is 2.34. The lowest BCUT2D eigenvalue weighted by atomic mass is 9.86. The first-order chi connectivity index (χ1) is 11.9. The Bertz CT molecular complexity index is 927. The lowest BCUT2D eigenvalue weighted by Crippen LogP contribution is -2.34. The molecule has 2 heterocycles. The number of fused-ring (bicyclic) bond motifs is 1. The van der Waals surface area contributed by atoms with Gasteiger partial charge in [0.15, 0.2) is 16.8 Å². The van der Waals surface area contributed by atoms with Crippen molar-refractivity contribution in [3.63, 3.8) is 0 Å². The van der Waals surface area contributed by atoms with Crippen molar-refractivity contribution in [2.24, 2.45) is 7.05 Å². The van der Waals surface area contributed by atoms with Crippen molar-refractivity contribution in [2.45, 2.75) is 17.5 Å². The van der Waals surface area contributed by atoms with E-state index in [-0.39, 0.29) is 29.3 Å². The van der Waals surface area contributed by atoms with Gasteiger partial charge < -0.3 is 9.88 Å². The SMILES string of the molecule is C=CCSc1nc(=O)c2c(n1C)NC(=O)C[C@H]2c1cccc(F)c1F. The second-order valence-corrected chi connectivity index (χ2v) is 6.56. The van der Waals surface area contributed by atoms with Gasteiger partial charge in [-0.05, 0) is 11.6 Å². The zero-order valence-corrected chi connectivity index (χ0v) is 14.2. The third kappa shape index (κ3) is 3.09. The second kappa shape index (κ2) is 6.79. The molecule has 1 N–H and O–H groups in total. The van der Waals surface area contributed by atoms with Gasteiger partial charge in [0.05, 0.1) is 5.56 Å². The smallest absolute Gasteiger partial charge is 0.279 e. The largest absolute Gasteiger partial charge is 0.312 e. The molecule has 1 amide bonds. The Morgan fingerprint density at radius 1 is 1.44 bits per heavy atom. The average Bonchev–Trinajstić information content (AvgIpc) is 2.58. The minimum Gasteiger partial charge on any atom is -0.312 e. The second-order valence-electron chi connectivity index (χ2n) is 5.57. The minimum atomic E-state index is -1.06. The molecule has 1 aromatic carbocycles. The minimum absolute atomic E-state index is 0.0264. The van der Waals surface area contributed by atoms with E-state index in [9.17, 15) is 18.4 Å². The van der Waals surface area contributed by atoms with Gasteiger partial charge in [-0.3, -0.25) is 9.59 Å². The van der Waals surface area contributed by atoms with Gasteiger partial charge in [-0.2, -0.15) is 4.98 Å². The van der Waals surface area contributed by atoms with Gasteiger partial charge in [-0.15, -0.1) is 6.58 Å². The number of aromatic nitrogens is 2. The van der Waals surface area contributed by atoms with E-state index in [4.69, 9.17) is 0 Å². The molecule has 0 saturated heterocycles. The summed E-state index contributed by atoms with van der Waals surface area (Å²) in [7, 11) is 1.65. The number of hydrogen-bond acceptors (Lipinski definition) is 4. The number of thioether (sulfide) groups is 1. The molecule has 25 heavy (non-hydrogen) atoms. The molecular formula is C17H15F2N3O2S. The van der Waals surface area contributed by atoms with E-state index in [2.05, 4.69) is 16.9 Å². The summed E-state index contributed by atoms with van der Waals surface area (Å²) in [6.07, 6.45) is 1.52. The zero-order valence-electron chi connectivity index (χ0n) is 13.4. The van der Waals surface area contributed by atoms with Crippen molar-refractivity contribution in [3.8, 4) is 0 Å². The molecule has 3 rings (SSSR count).